The zero-order chi connectivity index (χ0) is 14.4. The standard InChI is InChI=1S/C15H23BrN2O/c1-5-12(9-17-3)15(19)18(4)10-13-8-14(16)7-6-11(13)2/h6-8,12,17H,5,9-10H2,1-4H3. The maximum absolute atomic E-state index is 12.3. The molecule has 0 saturated carbocycles. The highest BCUT2D eigenvalue weighted by atomic mass is 79.9. The number of carbonyl (C=O) groups excluding carboxylic acids is 1. The lowest BCUT2D eigenvalue weighted by Gasteiger charge is -2.23. The smallest absolute Gasteiger partial charge is 0.226 e. The van der Waals surface area contributed by atoms with E-state index < -0.39 is 0 Å². The van der Waals surface area contributed by atoms with E-state index in [4.69, 9.17) is 0 Å². The molecule has 1 aromatic rings. The number of amides is 1. The number of carbonyl (C=O) groups is 1. The van der Waals surface area contributed by atoms with Crippen molar-refractivity contribution in [2.24, 2.45) is 5.92 Å². The van der Waals surface area contributed by atoms with Crippen LogP contribution in [0.1, 0.15) is 24.5 Å². The van der Waals surface area contributed by atoms with Crippen molar-refractivity contribution in [1.29, 1.82) is 0 Å². The van der Waals surface area contributed by atoms with Gasteiger partial charge in [-0.2, -0.15) is 0 Å². The fourth-order valence-electron chi connectivity index (χ4n) is 2.11. The van der Waals surface area contributed by atoms with Crippen LogP contribution in [0.25, 0.3) is 0 Å². The summed E-state index contributed by atoms with van der Waals surface area (Å²) in [5.74, 6) is 0.263. The van der Waals surface area contributed by atoms with Crippen LogP contribution in [-0.4, -0.2) is 31.4 Å². The average molecular weight is 327 g/mol. The fourth-order valence-corrected chi connectivity index (χ4v) is 2.52. The van der Waals surface area contributed by atoms with Crippen molar-refractivity contribution in [2.45, 2.75) is 26.8 Å². The Balaban J connectivity index is 2.75. The van der Waals surface area contributed by atoms with Gasteiger partial charge in [-0.05, 0) is 43.7 Å². The molecule has 0 bridgehead atoms. The quantitative estimate of drug-likeness (QED) is 0.871. The van der Waals surface area contributed by atoms with Crippen LogP contribution in [0, 0.1) is 12.8 Å². The number of hydrogen-bond acceptors (Lipinski definition) is 2. The summed E-state index contributed by atoms with van der Waals surface area (Å²) in [7, 11) is 3.76. The fraction of sp³-hybridized carbons (Fsp3) is 0.533. The number of nitrogens with zero attached hydrogens (tertiary/aromatic N) is 1. The van der Waals surface area contributed by atoms with E-state index in [9.17, 15) is 4.79 Å². The number of halogens is 1. The lowest BCUT2D eigenvalue weighted by molar-refractivity contribution is -0.134. The van der Waals surface area contributed by atoms with Gasteiger partial charge in [-0.1, -0.05) is 28.9 Å². The van der Waals surface area contributed by atoms with Gasteiger partial charge in [0, 0.05) is 24.6 Å². The highest BCUT2D eigenvalue weighted by Crippen LogP contribution is 2.18. The van der Waals surface area contributed by atoms with Gasteiger partial charge in [0.05, 0.1) is 5.92 Å². The molecule has 0 radical (unpaired) electrons. The number of nitrogens with one attached hydrogen (secondary N) is 1. The molecule has 1 aromatic carbocycles. The largest absolute Gasteiger partial charge is 0.341 e. The molecule has 0 aliphatic carbocycles. The molecule has 19 heavy (non-hydrogen) atoms. The second kappa shape index (κ2) is 7.65. The van der Waals surface area contributed by atoms with Gasteiger partial charge in [0.2, 0.25) is 5.91 Å². The Hall–Kier alpha value is -0.870. The Morgan fingerprint density at radius 2 is 2.16 bits per heavy atom. The van der Waals surface area contributed by atoms with E-state index in [2.05, 4.69) is 47.2 Å². The van der Waals surface area contributed by atoms with Crippen LogP contribution in [0.5, 0.6) is 0 Å². The minimum absolute atomic E-state index is 0.0578. The predicted molar refractivity (Wildman–Crippen MR) is 83.1 cm³/mol. The molecule has 106 valence electrons. The third kappa shape index (κ3) is 4.62. The van der Waals surface area contributed by atoms with Gasteiger partial charge in [-0.15, -0.1) is 0 Å². The van der Waals surface area contributed by atoms with Crippen molar-refractivity contribution in [2.75, 3.05) is 20.6 Å². The van der Waals surface area contributed by atoms with Gasteiger partial charge in [0.1, 0.15) is 0 Å². The Bertz CT molecular complexity index is 434. The van der Waals surface area contributed by atoms with Crippen LogP contribution in [0.3, 0.4) is 0 Å². The first-order valence-electron chi connectivity index (χ1n) is 6.64. The van der Waals surface area contributed by atoms with Crippen LogP contribution in [0.4, 0.5) is 0 Å². The summed E-state index contributed by atoms with van der Waals surface area (Å²) in [6.07, 6.45) is 0.863. The average Bonchev–Trinajstić information content (AvgIpc) is 2.39. The van der Waals surface area contributed by atoms with E-state index in [1.807, 2.05) is 25.1 Å². The van der Waals surface area contributed by atoms with E-state index in [1.54, 1.807) is 0 Å². The molecule has 0 aliphatic rings. The minimum atomic E-state index is 0.0578. The molecule has 0 aromatic heterocycles. The van der Waals surface area contributed by atoms with Crippen LogP contribution in [0.2, 0.25) is 0 Å². The van der Waals surface area contributed by atoms with Crippen molar-refractivity contribution in [3.8, 4) is 0 Å². The first-order valence-corrected chi connectivity index (χ1v) is 7.43. The molecule has 0 spiro atoms. The summed E-state index contributed by atoms with van der Waals surface area (Å²) in [6, 6.07) is 6.18. The molecule has 0 heterocycles. The van der Waals surface area contributed by atoms with Gasteiger partial charge in [-0.25, -0.2) is 0 Å². The van der Waals surface area contributed by atoms with Gasteiger partial charge >= 0.3 is 0 Å². The van der Waals surface area contributed by atoms with Crippen LogP contribution >= 0.6 is 15.9 Å². The van der Waals surface area contributed by atoms with Crippen LogP contribution < -0.4 is 5.32 Å². The third-order valence-corrected chi connectivity index (χ3v) is 3.88. The highest BCUT2D eigenvalue weighted by molar-refractivity contribution is 9.10. The van der Waals surface area contributed by atoms with Crippen molar-refractivity contribution in [1.82, 2.24) is 10.2 Å². The zero-order valence-electron chi connectivity index (χ0n) is 12.2. The first-order chi connectivity index (χ1) is 8.99. The Labute approximate surface area is 124 Å². The van der Waals surface area contributed by atoms with E-state index in [0.717, 1.165) is 17.4 Å². The number of hydrogen-bond donors (Lipinski definition) is 1. The van der Waals surface area contributed by atoms with Gasteiger partial charge in [0.15, 0.2) is 0 Å². The summed E-state index contributed by atoms with van der Waals surface area (Å²) in [5.41, 5.74) is 2.40. The summed E-state index contributed by atoms with van der Waals surface area (Å²) in [4.78, 5) is 14.2. The molecule has 1 N–H and O–H groups in total. The normalized spacial score (nSPS) is 12.3. The van der Waals surface area contributed by atoms with Gasteiger partial charge in [-0.3, -0.25) is 4.79 Å². The van der Waals surface area contributed by atoms with E-state index in [-0.39, 0.29) is 11.8 Å². The predicted octanol–water partition coefficient (Wildman–Crippen LogP) is 2.96. The minimum Gasteiger partial charge on any atom is -0.341 e. The third-order valence-electron chi connectivity index (χ3n) is 3.39. The Morgan fingerprint density at radius 1 is 1.47 bits per heavy atom. The van der Waals surface area contributed by atoms with Gasteiger partial charge < -0.3 is 10.2 Å². The molecule has 0 aliphatic heterocycles. The second-order valence-electron chi connectivity index (χ2n) is 4.93. The van der Waals surface area contributed by atoms with E-state index >= 15 is 0 Å². The van der Waals surface area contributed by atoms with Crippen molar-refractivity contribution < 1.29 is 4.79 Å². The zero-order valence-corrected chi connectivity index (χ0v) is 13.8. The second-order valence-corrected chi connectivity index (χ2v) is 5.84. The van der Waals surface area contributed by atoms with Crippen molar-refractivity contribution in [3.05, 3.63) is 33.8 Å². The number of rotatable bonds is 6. The summed E-state index contributed by atoms with van der Waals surface area (Å²) < 4.78 is 1.05. The maximum atomic E-state index is 12.3. The maximum Gasteiger partial charge on any atom is 0.226 e. The first kappa shape index (κ1) is 16.2. The molecule has 3 nitrogen and oxygen atoms in total. The molecule has 1 amide bonds. The summed E-state index contributed by atoms with van der Waals surface area (Å²) in [6.45, 7) is 5.52. The summed E-state index contributed by atoms with van der Waals surface area (Å²) in [5, 5.41) is 3.08. The SMILES string of the molecule is CCC(CNC)C(=O)N(C)Cc1cc(Br)ccc1C. The molecular weight excluding hydrogens is 304 g/mol. The van der Waals surface area contributed by atoms with Gasteiger partial charge in [0.25, 0.3) is 0 Å². The molecule has 1 unspecified atom stereocenters. The molecule has 0 fully saturated rings. The lowest BCUT2D eigenvalue weighted by atomic mass is 10.0. The number of benzene rings is 1. The van der Waals surface area contributed by atoms with Crippen LogP contribution in [-0.2, 0) is 11.3 Å². The van der Waals surface area contributed by atoms with Crippen LogP contribution in [0.15, 0.2) is 22.7 Å². The Kier molecular flexibility index (Phi) is 6.52. The topological polar surface area (TPSA) is 32.3 Å². The van der Waals surface area contributed by atoms with E-state index in [0.29, 0.717) is 6.54 Å². The monoisotopic (exact) mass is 326 g/mol. The van der Waals surface area contributed by atoms with Crippen molar-refractivity contribution >= 4 is 21.8 Å². The van der Waals surface area contributed by atoms with Crippen molar-refractivity contribution in [3.63, 3.8) is 0 Å². The molecule has 0 saturated heterocycles. The lowest BCUT2D eigenvalue weighted by Crippen LogP contribution is -2.36. The molecule has 1 rings (SSSR count). The molecule has 4 heteroatoms. The Morgan fingerprint density at radius 3 is 2.74 bits per heavy atom. The molecular formula is C15H23BrN2O. The van der Waals surface area contributed by atoms with E-state index in [1.165, 1.54) is 11.1 Å². The highest BCUT2D eigenvalue weighted by Gasteiger charge is 2.20. The number of aryl methyl sites for hydroxylation is 1. The molecule has 1 atom stereocenters. The summed E-state index contributed by atoms with van der Waals surface area (Å²) >= 11 is 3.48.